The number of cyclic esters (lactones) is 2. The standard InChI is InChI=1S/C14H10O4/c15-13-10-5-1-3-9-4-2-6-11(12(9)10)14(16)18-8-7-17-13/h1-6H,7-8H2. The number of hydrogen-bond acceptors (Lipinski definition) is 4. The maximum absolute atomic E-state index is 11.9. The molecule has 4 heteroatoms. The second-order valence-electron chi connectivity index (χ2n) is 3.98. The van der Waals surface area contributed by atoms with Gasteiger partial charge in [-0.1, -0.05) is 24.3 Å². The Kier molecular flexibility index (Phi) is 2.48. The molecule has 3 rings (SSSR count). The second-order valence-corrected chi connectivity index (χ2v) is 3.98. The summed E-state index contributed by atoms with van der Waals surface area (Å²) in [4.78, 5) is 23.8. The van der Waals surface area contributed by atoms with Crippen molar-refractivity contribution >= 4 is 22.7 Å². The predicted molar refractivity (Wildman–Crippen MR) is 64.5 cm³/mol. The number of rotatable bonds is 0. The van der Waals surface area contributed by atoms with Crippen LogP contribution in [0.3, 0.4) is 0 Å². The van der Waals surface area contributed by atoms with Gasteiger partial charge in [-0.25, -0.2) is 9.59 Å². The molecule has 1 aliphatic rings. The minimum atomic E-state index is -0.425. The lowest BCUT2D eigenvalue weighted by atomic mass is 9.99. The maximum atomic E-state index is 11.9. The molecule has 0 atom stereocenters. The van der Waals surface area contributed by atoms with Crippen molar-refractivity contribution in [2.24, 2.45) is 0 Å². The minimum absolute atomic E-state index is 0.0783. The fourth-order valence-electron chi connectivity index (χ4n) is 2.11. The van der Waals surface area contributed by atoms with Crippen molar-refractivity contribution in [1.82, 2.24) is 0 Å². The van der Waals surface area contributed by atoms with Crippen LogP contribution >= 0.6 is 0 Å². The number of benzene rings is 2. The van der Waals surface area contributed by atoms with Gasteiger partial charge in [-0.3, -0.25) is 0 Å². The Morgan fingerprint density at radius 2 is 1.28 bits per heavy atom. The molecule has 0 radical (unpaired) electrons. The maximum Gasteiger partial charge on any atom is 0.338 e. The van der Waals surface area contributed by atoms with E-state index in [4.69, 9.17) is 9.47 Å². The molecular weight excluding hydrogens is 232 g/mol. The monoisotopic (exact) mass is 242 g/mol. The first-order valence-corrected chi connectivity index (χ1v) is 5.63. The number of ether oxygens (including phenoxy) is 2. The zero-order chi connectivity index (χ0) is 12.5. The van der Waals surface area contributed by atoms with Gasteiger partial charge in [-0.15, -0.1) is 0 Å². The highest BCUT2D eigenvalue weighted by molar-refractivity contribution is 6.13. The molecule has 18 heavy (non-hydrogen) atoms. The third kappa shape index (κ3) is 1.62. The molecule has 90 valence electrons. The van der Waals surface area contributed by atoms with Crippen LogP contribution in [-0.4, -0.2) is 25.2 Å². The van der Waals surface area contributed by atoms with E-state index in [0.717, 1.165) is 5.39 Å². The molecule has 1 aliphatic heterocycles. The molecule has 0 bridgehead atoms. The summed E-state index contributed by atoms with van der Waals surface area (Å²) in [5.74, 6) is -0.849. The molecule has 0 saturated carbocycles. The molecule has 4 nitrogen and oxygen atoms in total. The van der Waals surface area contributed by atoms with Crippen molar-refractivity contribution in [3.63, 3.8) is 0 Å². The van der Waals surface area contributed by atoms with E-state index in [0.29, 0.717) is 16.5 Å². The Balaban J connectivity index is 2.37. The zero-order valence-electron chi connectivity index (χ0n) is 9.51. The zero-order valence-corrected chi connectivity index (χ0v) is 9.51. The highest BCUT2D eigenvalue weighted by Crippen LogP contribution is 2.25. The summed E-state index contributed by atoms with van der Waals surface area (Å²) in [5, 5.41) is 1.41. The summed E-state index contributed by atoms with van der Waals surface area (Å²) >= 11 is 0. The predicted octanol–water partition coefficient (Wildman–Crippen LogP) is 2.17. The minimum Gasteiger partial charge on any atom is -0.458 e. The van der Waals surface area contributed by atoms with Crippen molar-refractivity contribution in [3.8, 4) is 0 Å². The Morgan fingerprint density at radius 3 is 1.78 bits per heavy atom. The summed E-state index contributed by atoms with van der Waals surface area (Å²) in [6.07, 6.45) is 0. The van der Waals surface area contributed by atoms with Crippen molar-refractivity contribution in [3.05, 3.63) is 47.5 Å². The smallest absolute Gasteiger partial charge is 0.338 e. The number of carbonyl (C=O) groups is 2. The lowest BCUT2D eigenvalue weighted by molar-refractivity contribution is 0.0276. The van der Waals surface area contributed by atoms with Gasteiger partial charge in [-0.05, 0) is 17.5 Å². The molecule has 0 fully saturated rings. The first-order chi connectivity index (χ1) is 8.77. The highest BCUT2D eigenvalue weighted by Gasteiger charge is 2.20. The Hall–Kier alpha value is -2.36. The van der Waals surface area contributed by atoms with E-state index in [1.54, 1.807) is 24.3 Å². The molecule has 0 amide bonds. The molecule has 0 aliphatic carbocycles. The van der Waals surface area contributed by atoms with Crippen molar-refractivity contribution < 1.29 is 19.1 Å². The largest absolute Gasteiger partial charge is 0.458 e. The average Bonchev–Trinajstić information content (AvgIpc) is 2.46. The molecule has 0 unspecified atom stereocenters. The normalized spacial score (nSPS) is 15.3. The summed E-state index contributed by atoms with van der Waals surface area (Å²) in [5.41, 5.74) is 0.809. The molecule has 1 heterocycles. The van der Waals surface area contributed by atoms with Crippen LogP contribution in [0.1, 0.15) is 20.7 Å². The topological polar surface area (TPSA) is 52.6 Å². The Bertz CT molecular complexity index is 593. The van der Waals surface area contributed by atoms with Gasteiger partial charge in [0.25, 0.3) is 0 Å². The lowest BCUT2D eigenvalue weighted by Crippen LogP contribution is -2.11. The van der Waals surface area contributed by atoms with Crippen LogP contribution in [0.15, 0.2) is 36.4 Å². The molecule has 0 spiro atoms. The summed E-state index contributed by atoms with van der Waals surface area (Å²) < 4.78 is 10.1. The fourth-order valence-corrected chi connectivity index (χ4v) is 2.11. The van der Waals surface area contributed by atoms with E-state index in [-0.39, 0.29) is 13.2 Å². The SMILES string of the molecule is O=C1OCCOC(=O)c2cccc3cccc1c23. The van der Waals surface area contributed by atoms with Crippen LogP contribution in [0, 0.1) is 0 Å². The van der Waals surface area contributed by atoms with Crippen LogP contribution in [0.4, 0.5) is 0 Å². The summed E-state index contributed by atoms with van der Waals surface area (Å²) in [7, 11) is 0. The van der Waals surface area contributed by atoms with E-state index >= 15 is 0 Å². The van der Waals surface area contributed by atoms with Crippen molar-refractivity contribution in [2.45, 2.75) is 0 Å². The first-order valence-electron chi connectivity index (χ1n) is 5.63. The van der Waals surface area contributed by atoms with Crippen LogP contribution in [0.5, 0.6) is 0 Å². The number of hydrogen-bond donors (Lipinski definition) is 0. The second kappa shape index (κ2) is 4.14. The van der Waals surface area contributed by atoms with Crippen LogP contribution in [-0.2, 0) is 9.47 Å². The van der Waals surface area contributed by atoms with Gasteiger partial charge >= 0.3 is 11.9 Å². The Morgan fingerprint density at radius 1 is 0.778 bits per heavy atom. The van der Waals surface area contributed by atoms with E-state index in [9.17, 15) is 9.59 Å². The van der Waals surface area contributed by atoms with Crippen molar-refractivity contribution in [1.29, 1.82) is 0 Å². The van der Waals surface area contributed by atoms with E-state index in [1.807, 2.05) is 12.1 Å². The molecule has 0 N–H and O–H groups in total. The van der Waals surface area contributed by atoms with Gasteiger partial charge in [0.2, 0.25) is 0 Å². The van der Waals surface area contributed by atoms with Gasteiger partial charge in [0.1, 0.15) is 13.2 Å². The summed E-state index contributed by atoms with van der Waals surface area (Å²) in [6.45, 7) is 0.157. The molecule has 2 aromatic carbocycles. The molecular formula is C14H10O4. The fraction of sp³-hybridized carbons (Fsp3) is 0.143. The van der Waals surface area contributed by atoms with Gasteiger partial charge in [0.15, 0.2) is 0 Å². The van der Waals surface area contributed by atoms with Crippen LogP contribution in [0.2, 0.25) is 0 Å². The van der Waals surface area contributed by atoms with E-state index in [1.165, 1.54) is 0 Å². The Labute approximate surface area is 103 Å². The average molecular weight is 242 g/mol. The van der Waals surface area contributed by atoms with E-state index < -0.39 is 11.9 Å². The third-order valence-electron chi connectivity index (χ3n) is 2.89. The number of carbonyl (C=O) groups excluding carboxylic acids is 2. The highest BCUT2D eigenvalue weighted by atomic mass is 16.6. The van der Waals surface area contributed by atoms with Gasteiger partial charge < -0.3 is 9.47 Å². The first kappa shape index (κ1) is 10.8. The van der Waals surface area contributed by atoms with Crippen molar-refractivity contribution in [2.75, 3.05) is 13.2 Å². The molecule has 0 saturated heterocycles. The van der Waals surface area contributed by atoms with Gasteiger partial charge in [0.05, 0.1) is 11.1 Å². The number of esters is 2. The van der Waals surface area contributed by atoms with Gasteiger partial charge in [-0.2, -0.15) is 0 Å². The summed E-state index contributed by atoms with van der Waals surface area (Å²) in [6, 6.07) is 10.6. The van der Waals surface area contributed by atoms with Gasteiger partial charge in [0, 0.05) is 5.39 Å². The lowest BCUT2D eigenvalue weighted by Gasteiger charge is -2.07. The molecule has 2 aromatic rings. The van der Waals surface area contributed by atoms with Crippen LogP contribution in [0.25, 0.3) is 10.8 Å². The third-order valence-corrected chi connectivity index (χ3v) is 2.89. The quantitative estimate of drug-likeness (QED) is 0.664. The van der Waals surface area contributed by atoms with Crippen LogP contribution < -0.4 is 0 Å². The molecule has 0 aromatic heterocycles. The van der Waals surface area contributed by atoms with E-state index in [2.05, 4.69) is 0 Å².